The van der Waals surface area contributed by atoms with Crippen LogP contribution >= 0.6 is 12.2 Å². The van der Waals surface area contributed by atoms with Gasteiger partial charge >= 0.3 is 0 Å². The van der Waals surface area contributed by atoms with Crippen LogP contribution in [0.25, 0.3) is 10.9 Å². The third-order valence-corrected chi connectivity index (χ3v) is 3.69. The van der Waals surface area contributed by atoms with Gasteiger partial charge in [0.1, 0.15) is 5.75 Å². The summed E-state index contributed by atoms with van der Waals surface area (Å²) in [5.74, 6) is 0.718. The van der Waals surface area contributed by atoms with Crippen LogP contribution in [0.4, 0.5) is 0 Å². The van der Waals surface area contributed by atoms with Crippen LogP contribution in [-0.2, 0) is 11.2 Å². The second-order valence-corrected chi connectivity index (χ2v) is 5.41. The first-order valence-electron chi connectivity index (χ1n) is 7.34. The maximum absolute atomic E-state index is 12.1. The fraction of sp³-hybridized carbons (Fsp3) is 0.375. The van der Waals surface area contributed by atoms with Crippen molar-refractivity contribution in [1.29, 1.82) is 0 Å². The molecule has 0 unspecified atom stereocenters. The van der Waals surface area contributed by atoms with Crippen LogP contribution in [0.3, 0.4) is 0 Å². The summed E-state index contributed by atoms with van der Waals surface area (Å²) in [6.45, 7) is 1.83. The fourth-order valence-electron chi connectivity index (χ4n) is 2.18. The number of thiocarbonyl (C=S) groups is 1. The number of pyridine rings is 1. The molecule has 0 saturated heterocycles. The minimum Gasteiger partial charge on any atom is -0.497 e. The van der Waals surface area contributed by atoms with Crippen molar-refractivity contribution in [3.63, 3.8) is 0 Å². The molecule has 0 saturated carbocycles. The number of methoxy groups -OCH3 is 2. The highest BCUT2D eigenvalue weighted by atomic mass is 32.1. The molecule has 2 aromatic rings. The first-order chi connectivity index (χ1) is 11.1. The van der Waals surface area contributed by atoms with Gasteiger partial charge in [-0.15, -0.1) is 0 Å². The SMILES string of the molecule is COCCNC(=S)NCCc1cc2ccc(OC)cc2[nH]c1=O. The highest BCUT2D eigenvalue weighted by Crippen LogP contribution is 2.18. The molecule has 2 rings (SSSR count). The molecule has 7 heteroatoms. The first kappa shape index (κ1) is 17.2. The van der Waals surface area contributed by atoms with Gasteiger partial charge in [-0.25, -0.2) is 0 Å². The molecule has 6 nitrogen and oxygen atoms in total. The fourth-order valence-corrected chi connectivity index (χ4v) is 2.38. The summed E-state index contributed by atoms with van der Waals surface area (Å²) >= 11 is 5.14. The number of hydrogen-bond acceptors (Lipinski definition) is 4. The van der Waals surface area contributed by atoms with Crippen LogP contribution in [0.2, 0.25) is 0 Å². The van der Waals surface area contributed by atoms with Crippen molar-refractivity contribution in [2.24, 2.45) is 0 Å². The Kier molecular flexibility index (Phi) is 6.37. The summed E-state index contributed by atoms with van der Waals surface area (Å²) in [6, 6.07) is 7.51. The van der Waals surface area contributed by atoms with E-state index in [1.807, 2.05) is 24.3 Å². The van der Waals surface area contributed by atoms with Crippen molar-refractivity contribution in [2.45, 2.75) is 6.42 Å². The third-order valence-electron chi connectivity index (χ3n) is 3.40. The van der Waals surface area contributed by atoms with E-state index in [0.717, 1.165) is 22.2 Å². The van der Waals surface area contributed by atoms with Crippen molar-refractivity contribution in [3.8, 4) is 5.75 Å². The molecular weight excluding hydrogens is 314 g/mol. The molecule has 23 heavy (non-hydrogen) atoms. The molecule has 3 N–H and O–H groups in total. The highest BCUT2D eigenvalue weighted by molar-refractivity contribution is 7.80. The zero-order valence-corrected chi connectivity index (χ0v) is 14.1. The molecule has 0 aliphatic heterocycles. The van der Waals surface area contributed by atoms with E-state index in [1.165, 1.54) is 0 Å². The molecule has 124 valence electrons. The minimum atomic E-state index is -0.0918. The van der Waals surface area contributed by atoms with E-state index in [1.54, 1.807) is 14.2 Å². The average Bonchev–Trinajstić information content (AvgIpc) is 2.55. The zero-order valence-electron chi connectivity index (χ0n) is 13.3. The Morgan fingerprint density at radius 3 is 2.74 bits per heavy atom. The molecular formula is C16H21N3O3S. The summed E-state index contributed by atoms with van der Waals surface area (Å²) in [6.07, 6.45) is 0.587. The Bertz CT molecular complexity index is 730. The molecule has 0 spiro atoms. The van der Waals surface area contributed by atoms with Gasteiger partial charge in [0.05, 0.1) is 19.2 Å². The van der Waals surface area contributed by atoms with Gasteiger partial charge in [0.15, 0.2) is 5.11 Å². The lowest BCUT2D eigenvalue weighted by Crippen LogP contribution is -2.38. The number of aromatic nitrogens is 1. The van der Waals surface area contributed by atoms with Crippen LogP contribution in [0.1, 0.15) is 5.56 Å². The van der Waals surface area contributed by atoms with Crippen LogP contribution in [0, 0.1) is 0 Å². The lowest BCUT2D eigenvalue weighted by Gasteiger charge is -2.10. The van der Waals surface area contributed by atoms with Crippen LogP contribution in [-0.4, -0.2) is 44.0 Å². The molecule has 0 bridgehead atoms. The summed E-state index contributed by atoms with van der Waals surface area (Å²) in [7, 11) is 3.24. The van der Waals surface area contributed by atoms with Gasteiger partial charge in [-0.1, -0.05) is 0 Å². The van der Waals surface area contributed by atoms with E-state index >= 15 is 0 Å². The highest BCUT2D eigenvalue weighted by Gasteiger charge is 2.04. The Hall–Kier alpha value is -2.12. The number of nitrogens with one attached hydrogen (secondary N) is 3. The minimum absolute atomic E-state index is 0.0918. The topological polar surface area (TPSA) is 75.4 Å². The molecule has 0 aliphatic rings. The Morgan fingerprint density at radius 1 is 1.22 bits per heavy atom. The molecule has 0 atom stereocenters. The second-order valence-electron chi connectivity index (χ2n) is 5.00. The van der Waals surface area contributed by atoms with Crippen molar-refractivity contribution < 1.29 is 9.47 Å². The van der Waals surface area contributed by atoms with E-state index in [9.17, 15) is 4.79 Å². The lowest BCUT2D eigenvalue weighted by molar-refractivity contribution is 0.204. The zero-order chi connectivity index (χ0) is 16.7. The molecule has 1 aromatic heterocycles. The van der Waals surface area contributed by atoms with E-state index in [-0.39, 0.29) is 5.56 Å². The third kappa shape index (κ3) is 4.94. The van der Waals surface area contributed by atoms with Crippen molar-refractivity contribution in [3.05, 3.63) is 40.2 Å². The van der Waals surface area contributed by atoms with Gasteiger partial charge < -0.3 is 25.1 Å². The van der Waals surface area contributed by atoms with Gasteiger partial charge in [0.25, 0.3) is 5.56 Å². The summed E-state index contributed by atoms with van der Waals surface area (Å²) in [5, 5.41) is 7.63. The van der Waals surface area contributed by atoms with Gasteiger partial charge in [-0.2, -0.15) is 0 Å². The predicted molar refractivity (Wildman–Crippen MR) is 95.3 cm³/mol. The number of fused-ring (bicyclic) bond motifs is 1. The quantitative estimate of drug-likeness (QED) is 0.521. The van der Waals surface area contributed by atoms with E-state index in [0.29, 0.717) is 31.2 Å². The number of H-pyrrole nitrogens is 1. The molecule has 1 heterocycles. The normalized spacial score (nSPS) is 10.5. The monoisotopic (exact) mass is 335 g/mol. The van der Waals surface area contributed by atoms with Crippen LogP contribution < -0.4 is 20.9 Å². The standard InChI is InChI=1S/C16H21N3O3S/c1-21-8-7-18-16(23)17-6-5-12-9-11-3-4-13(22-2)10-14(11)19-15(12)20/h3-4,9-10H,5-8H2,1-2H3,(H,19,20)(H2,17,18,23). The van der Waals surface area contributed by atoms with Gasteiger partial charge in [0, 0.05) is 31.8 Å². The Balaban J connectivity index is 1.96. The van der Waals surface area contributed by atoms with Crippen molar-refractivity contribution >= 4 is 28.2 Å². The van der Waals surface area contributed by atoms with Crippen molar-refractivity contribution in [1.82, 2.24) is 15.6 Å². The summed E-state index contributed by atoms with van der Waals surface area (Å²) in [5.41, 5.74) is 1.39. The maximum Gasteiger partial charge on any atom is 0.251 e. The Labute approximate surface area is 140 Å². The maximum atomic E-state index is 12.1. The van der Waals surface area contributed by atoms with Crippen LogP contribution in [0.5, 0.6) is 5.75 Å². The molecule has 0 radical (unpaired) electrons. The number of hydrogen-bond donors (Lipinski definition) is 3. The second kappa shape index (κ2) is 8.50. The van der Waals surface area contributed by atoms with E-state index in [4.69, 9.17) is 21.7 Å². The van der Waals surface area contributed by atoms with Gasteiger partial charge in [-0.3, -0.25) is 4.79 Å². The van der Waals surface area contributed by atoms with Crippen molar-refractivity contribution in [2.75, 3.05) is 33.9 Å². The molecule has 1 aromatic carbocycles. The number of aromatic amines is 1. The lowest BCUT2D eigenvalue weighted by atomic mass is 10.1. The van der Waals surface area contributed by atoms with E-state index in [2.05, 4.69) is 15.6 Å². The molecule has 0 fully saturated rings. The number of ether oxygens (including phenoxy) is 2. The van der Waals surface area contributed by atoms with Gasteiger partial charge in [-0.05, 0) is 42.2 Å². The largest absolute Gasteiger partial charge is 0.497 e. The first-order valence-corrected chi connectivity index (χ1v) is 7.75. The smallest absolute Gasteiger partial charge is 0.251 e. The van der Waals surface area contributed by atoms with E-state index < -0.39 is 0 Å². The molecule has 0 amide bonds. The Morgan fingerprint density at radius 2 is 2.00 bits per heavy atom. The average molecular weight is 335 g/mol. The predicted octanol–water partition coefficient (Wildman–Crippen LogP) is 1.19. The number of rotatable bonds is 7. The van der Waals surface area contributed by atoms with Crippen LogP contribution in [0.15, 0.2) is 29.1 Å². The van der Waals surface area contributed by atoms with Gasteiger partial charge in [0.2, 0.25) is 0 Å². The molecule has 0 aliphatic carbocycles. The number of benzene rings is 1. The summed E-state index contributed by atoms with van der Waals surface area (Å²) < 4.78 is 10.1. The summed E-state index contributed by atoms with van der Waals surface area (Å²) in [4.78, 5) is 15.0.